The van der Waals surface area contributed by atoms with Gasteiger partial charge in [0, 0.05) is 5.69 Å². The van der Waals surface area contributed by atoms with Crippen LogP contribution in [0.15, 0.2) is 91.0 Å². The first-order chi connectivity index (χ1) is 15.1. The number of hydrogen-bond donors (Lipinski definition) is 1. The van der Waals surface area contributed by atoms with E-state index in [1.54, 1.807) is 7.11 Å². The molecule has 0 aliphatic carbocycles. The zero-order valence-corrected chi connectivity index (χ0v) is 18.0. The molecule has 156 valence electrons. The molecule has 3 aromatic carbocycles. The Kier molecular flexibility index (Phi) is 5.89. The second-order valence-corrected chi connectivity index (χ2v) is 7.51. The molecule has 0 saturated carbocycles. The lowest BCUT2D eigenvalue weighted by Gasteiger charge is -2.16. The van der Waals surface area contributed by atoms with Gasteiger partial charge in [-0.3, -0.25) is 4.79 Å². The lowest BCUT2D eigenvalue weighted by Crippen LogP contribution is -2.27. The van der Waals surface area contributed by atoms with Crippen LogP contribution in [0.4, 0.5) is 0 Å². The third-order valence-corrected chi connectivity index (χ3v) is 5.53. The summed E-state index contributed by atoms with van der Waals surface area (Å²) in [7, 11) is 1.66. The summed E-state index contributed by atoms with van der Waals surface area (Å²) in [5.41, 5.74) is 5.46. The summed E-state index contributed by atoms with van der Waals surface area (Å²) in [6, 6.07) is 29.8. The number of methoxy groups -OCH3 is 1. The van der Waals surface area contributed by atoms with Gasteiger partial charge in [-0.05, 0) is 43.2 Å². The lowest BCUT2D eigenvalue weighted by atomic mass is 10.1. The van der Waals surface area contributed by atoms with Crippen LogP contribution in [0.5, 0.6) is 5.75 Å². The minimum Gasteiger partial charge on any atom is -0.495 e. The first-order valence-electron chi connectivity index (χ1n) is 10.4. The standard InChI is InChI=1S/C27H26N2O2/c1-19(21-12-6-4-7-13-21)28-27(30)23-18-25(22-14-8-5-9-15-22)29(20(23)2)24-16-10-11-17-26(24)31-3/h4-19H,1-3H3,(H,28,30)/t19-/m0/s1. The molecule has 1 aromatic heterocycles. The van der Waals surface area contributed by atoms with Crippen molar-refractivity contribution in [2.24, 2.45) is 0 Å². The van der Waals surface area contributed by atoms with Gasteiger partial charge < -0.3 is 14.6 Å². The highest BCUT2D eigenvalue weighted by Gasteiger charge is 2.22. The second-order valence-electron chi connectivity index (χ2n) is 7.51. The summed E-state index contributed by atoms with van der Waals surface area (Å²) in [4.78, 5) is 13.3. The number of aromatic nitrogens is 1. The van der Waals surface area contributed by atoms with Crippen LogP contribution in [0, 0.1) is 6.92 Å². The van der Waals surface area contributed by atoms with E-state index in [9.17, 15) is 4.79 Å². The molecule has 0 fully saturated rings. The third kappa shape index (κ3) is 4.10. The fourth-order valence-corrected chi connectivity index (χ4v) is 3.88. The van der Waals surface area contributed by atoms with E-state index >= 15 is 0 Å². The van der Waals surface area contributed by atoms with E-state index < -0.39 is 0 Å². The van der Waals surface area contributed by atoms with Gasteiger partial charge in [-0.15, -0.1) is 0 Å². The van der Waals surface area contributed by atoms with Gasteiger partial charge in [-0.1, -0.05) is 72.8 Å². The Balaban J connectivity index is 1.79. The molecule has 4 heteroatoms. The topological polar surface area (TPSA) is 43.3 Å². The van der Waals surface area contributed by atoms with Crippen molar-refractivity contribution in [1.82, 2.24) is 9.88 Å². The van der Waals surface area contributed by atoms with Crippen molar-refractivity contribution < 1.29 is 9.53 Å². The number of nitrogens with one attached hydrogen (secondary N) is 1. The van der Waals surface area contributed by atoms with E-state index in [0.29, 0.717) is 5.56 Å². The summed E-state index contributed by atoms with van der Waals surface area (Å²) in [5.74, 6) is 0.655. The molecule has 4 aromatic rings. The van der Waals surface area contributed by atoms with Crippen molar-refractivity contribution in [3.8, 4) is 22.7 Å². The third-order valence-electron chi connectivity index (χ3n) is 5.53. The summed E-state index contributed by atoms with van der Waals surface area (Å²) in [6.45, 7) is 3.97. The summed E-state index contributed by atoms with van der Waals surface area (Å²) >= 11 is 0. The Hall–Kier alpha value is -3.79. The Morgan fingerprint density at radius 2 is 1.52 bits per heavy atom. The van der Waals surface area contributed by atoms with E-state index in [2.05, 4.69) is 22.0 Å². The van der Waals surface area contributed by atoms with E-state index in [1.807, 2.05) is 92.7 Å². The zero-order chi connectivity index (χ0) is 21.8. The minimum atomic E-state index is -0.0975. The van der Waals surface area contributed by atoms with E-state index in [0.717, 1.165) is 34.0 Å². The second kappa shape index (κ2) is 8.92. The SMILES string of the molecule is COc1ccccc1-n1c(-c2ccccc2)cc(C(=O)N[C@@H](C)c2ccccc2)c1C. The van der Waals surface area contributed by atoms with Crippen molar-refractivity contribution in [1.29, 1.82) is 0 Å². The van der Waals surface area contributed by atoms with Gasteiger partial charge in [-0.25, -0.2) is 0 Å². The molecular formula is C27H26N2O2. The highest BCUT2D eigenvalue weighted by Crippen LogP contribution is 2.33. The van der Waals surface area contributed by atoms with E-state index in [4.69, 9.17) is 4.74 Å². The number of rotatable bonds is 6. The van der Waals surface area contributed by atoms with Crippen molar-refractivity contribution in [2.45, 2.75) is 19.9 Å². The summed E-state index contributed by atoms with van der Waals surface area (Å²) in [6.07, 6.45) is 0. The molecule has 1 heterocycles. The molecule has 0 aliphatic heterocycles. The molecule has 0 radical (unpaired) electrons. The van der Waals surface area contributed by atoms with Crippen LogP contribution in [0.3, 0.4) is 0 Å². The fraction of sp³-hybridized carbons (Fsp3) is 0.148. The number of amides is 1. The predicted molar refractivity (Wildman–Crippen MR) is 125 cm³/mol. The van der Waals surface area contributed by atoms with Crippen molar-refractivity contribution in [3.63, 3.8) is 0 Å². The molecule has 0 saturated heterocycles. The maximum Gasteiger partial charge on any atom is 0.253 e. The maximum absolute atomic E-state index is 13.3. The molecular weight excluding hydrogens is 384 g/mol. The van der Waals surface area contributed by atoms with Gasteiger partial charge in [0.1, 0.15) is 5.75 Å². The van der Waals surface area contributed by atoms with Crippen LogP contribution in [0.25, 0.3) is 16.9 Å². The number of carbonyl (C=O) groups is 1. The van der Waals surface area contributed by atoms with Crippen LogP contribution in [-0.2, 0) is 0 Å². The molecule has 0 spiro atoms. The largest absolute Gasteiger partial charge is 0.495 e. The predicted octanol–water partition coefficient (Wildman–Crippen LogP) is 5.95. The van der Waals surface area contributed by atoms with Gasteiger partial charge in [0.05, 0.1) is 30.1 Å². The minimum absolute atomic E-state index is 0.0945. The molecule has 1 atom stereocenters. The Bertz CT molecular complexity index is 1180. The molecule has 0 unspecified atom stereocenters. The normalized spacial score (nSPS) is 11.7. The van der Waals surface area contributed by atoms with Crippen LogP contribution in [-0.4, -0.2) is 17.6 Å². The lowest BCUT2D eigenvalue weighted by molar-refractivity contribution is 0.0939. The van der Waals surface area contributed by atoms with Gasteiger partial charge in [0.15, 0.2) is 0 Å². The smallest absolute Gasteiger partial charge is 0.253 e. The Labute approximate surface area is 183 Å². The van der Waals surface area contributed by atoms with Gasteiger partial charge in [0.2, 0.25) is 0 Å². The average molecular weight is 411 g/mol. The van der Waals surface area contributed by atoms with Gasteiger partial charge in [0.25, 0.3) is 5.91 Å². The number of hydrogen-bond acceptors (Lipinski definition) is 2. The number of para-hydroxylation sites is 2. The van der Waals surface area contributed by atoms with Crippen LogP contribution >= 0.6 is 0 Å². The summed E-state index contributed by atoms with van der Waals surface area (Å²) < 4.78 is 7.71. The van der Waals surface area contributed by atoms with Crippen LogP contribution < -0.4 is 10.1 Å². The first kappa shape index (κ1) is 20.5. The zero-order valence-electron chi connectivity index (χ0n) is 18.0. The van der Waals surface area contributed by atoms with Crippen LogP contribution in [0.1, 0.15) is 34.6 Å². The van der Waals surface area contributed by atoms with Crippen molar-refractivity contribution in [3.05, 3.63) is 108 Å². The number of carbonyl (C=O) groups excluding carboxylic acids is 1. The number of ether oxygens (including phenoxy) is 1. The number of nitrogens with zero attached hydrogens (tertiary/aromatic N) is 1. The number of benzene rings is 3. The molecule has 1 amide bonds. The maximum atomic E-state index is 13.3. The molecule has 0 bridgehead atoms. The van der Waals surface area contributed by atoms with Gasteiger partial charge >= 0.3 is 0 Å². The van der Waals surface area contributed by atoms with Crippen molar-refractivity contribution >= 4 is 5.91 Å². The van der Waals surface area contributed by atoms with E-state index in [1.165, 1.54) is 0 Å². The highest BCUT2D eigenvalue weighted by molar-refractivity contribution is 5.97. The van der Waals surface area contributed by atoms with Crippen molar-refractivity contribution in [2.75, 3.05) is 7.11 Å². The quantitative estimate of drug-likeness (QED) is 0.427. The molecule has 4 nitrogen and oxygen atoms in total. The van der Waals surface area contributed by atoms with Crippen LogP contribution in [0.2, 0.25) is 0 Å². The Morgan fingerprint density at radius 1 is 0.903 bits per heavy atom. The fourth-order valence-electron chi connectivity index (χ4n) is 3.88. The average Bonchev–Trinajstić information content (AvgIpc) is 3.17. The first-order valence-corrected chi connectivity index (χ1v) is 10.4. The Morgan fingerprint density at radius 3 is 2.19 bits per heavy atom. The molecule has 4 rings (SSSR count). The molecule has 1 N–H and O–H groups in total. The van der Waals surface area contributed by atoms with E-state index in [-0.39, 0.29) is 11.9 Å². The molecule has 0 aliphatic rings. The summed E-state index contributed by atoms with van der Waals surface area (Å²) in [5, 5.41) is 3.14. The highest BCUT2D eigenvalue weighted by atomic mass is 16.5. The molecule has 31 heavy (non-hydrogen) atoms. The van der Waals surface area contributed by atoms with Gasteiger partial charge in [-0.2, -0.15) is 0 Å². The monoisotopic (exact) mass is 410 g/mol.